The summed E-state index contributed by atoms with van der Waals surface area (Å²) < 4.78 is 11.8. The summed E-state index contributed by atoms with van der Waals surface area (Å²) in [6.45, 7) is 19.1. The molecule has 11 atom stereocenters. The van der Waals surface area contributed by atoms with Gasteiger partial charge in [0.05, 0.1) is 5.41 Å². The maximum Gasteiger partial charge on any atom is 0.302 e. The number of carbonyl (C=O) groups is 2. The number of esters is 1. The first-order valence-corrected chi connectivity index (χ1v) is 19.7. The average molecular weight is 683 g/mol. The minimum atomic E-state index is -0.353. The summed E-state index contributed by atoms with van der Waals surface area (Å²) in [5.41, 5.74) is 2.17. The van der Waals surface area contributed by atoms with Crippen LogP contribution in [0.2, 0.25) is 0 Å². The lowest BCUT2D eigenvalue weighted by atomic mass is 9.36. The molecule has 0 bridgehead atoms. The van der Waals surface area contributed by atoms with Crippen molar-refractivity contribution >= 4 is 11.9 Å². The maximum absolute atomic E-state index is 15.2. The molecule has 8 nitrogen and oxygen atoms in total. The van der Waals surface area contributed by atoms with Crippen LogP contribution in [0.4, 0.5) is 0 Å². The number of ether oxygens (including phenoxy) is 1. The number of nitrogens with zero attached hydrogens (tertiary/aromatic N) is 4. The zero-order valence-electron chi connectivity index (χ0n) is 31.2. The van der Waals surface area contributed by atoms with Crippen LogP contribution >= 0.6 is 0 Å². The van der Waals surface area contributed by atoms with Gasteiger partial charge in [0.25, 0.3) is 0 Å². The molecule has 2 unspecified atom stereocenters. The van der Waals surface area contributed by atoms with E-state index in [2.05, 4.69) is 56.2 Å². The fourth-order valence-corrected chi connectivity index (χ4v) is 14.1. The Labute approximate surface area is 298 Å². The van der Waals surface area contributed by atoms with E-state index in [-0.39, 0.29) is 39.8 Å². The van der Waals surface area contributed by atoms with Gasteiger partial charge in [-0.3, -0.25) is 14.6 Å². The highest BCUT2D eigenvalue weighted by atomic mass is 16.5. The van der Waals surface area contributed by atoms with Crippen LogP contribution in [0.5, 0.6) is 0 Å². The largest absolute Gasteiger partial charge is 0.462 e. The molecule has 3 heterocycles. The number of rotatable bonds is 5. The second-order valence-electron chi connectivity index (χ2n) is 18.5. The van der Waals surface area contributed by atoms with Crippen LogP contribution in [-0.2, 0) is 14.3 Å². The van der Waals surface area contributed by atoms with Gasteiger partial charge in [0.15, 0.2) is 0 Å². The third kappa shape index (κ3) is 4.92. The Morgan fingerprint density at radius 3 is 2.46 bits per heavy atom. The van der Waals surface area contributed by atoms with Gasteiger partial charge in [0.1, 0.15) is 12.1 Å². The minimum Gasteiger partial charge on any atom is -0.462 e. The molecule has 2 aromatic heterocycles. The monoisotopic (exact) mass is 682 g/mol. The molecule has 8 heteroatoms. The molecule has 8 rings (SSSR count). The molecule has 2 aromatic rings. The summed E-state index contributed by atoms with van der Waals surface area (Å²) in [5, 5.41) is 4.30. The van der Waals surface area contributed by atoms with E-state index >= 15 is 4.79 Å². The molecule has 50 heavy (non-hydrogen) atoms. The van der Waals surface area contributed by atoms with Crippen LogP contribution in [0, 0.1) is 57.2 Å². The van der Waals surface area contributed by atoms with Crippen molar-refractivity contribution in [1.82, 2.24) is 20.0 Å². The van der Waals surface area contributed by atoms with Crippen molar-refractivity contribution in [3.8, 4) is 11.4 Å². The molecule has 1 amide bonds. The number of likely N-dealkylation sites (tertiary alicyclic amines) is 1. The molecule has 6 aliphatic rings. The normalized spacial score (nSPS) is 41.8. The van der Waals surface area contributed by atoms with Gasteiger partial charge >= 0.3 is 5.97 Å². The van der Waals surface area contributed by atoms with Crippen LogP contribution in [0.1, 0.15) is 131 Å². The molecular weight excluding hydrogens is 624 g/mol. The van der Waals surface area contributed by atoms with Gasteiger partial charge in [0.2, 0.25) is 17.6 Å². The van der Waals surface area contributed by atoms with Crippen LogP contribution in [0.15, 0.2) is 41.2 Å². The summed E-state index contributed by atoms with van der Waals surface area (Å²) in [4.78, 5) is 38.5. The number of aromatic nitrogens is 3. The van der Waals surface area contributed by atoms with Gasteiger partial charge in [-0.1, -0.05) is 45.0 Å². The SMILES string of the molecule is C=C(C)[C@@H]1CC[C@]2(C(=O)N3CCC[C@@H]3c3nc(-c4cccnc4)no3)CCC3[C@H](CC[C@H]4[C@@]3(C)CCC3C(C)(C)[C@@H](OC(C)=O)CC[C@@]34C)[C@@H]12. The van der Waals surface area contributed by atoms with Crippen molar-refractivity contribution in [3.63, 3.8) is 0 Å². The highest BCUT2D eigenvalue weighted by Crippen LogP contribution is 2.74. The molecular formula is C42H58N4O4. The quantitative estimate of drug-likeness (QED) is 0.229. The standard InChI is InChI=1S/C42H58N4O4/c1-25(2)28-14-20-42(38(48)46-23-9-11-31(46)37-44-36(45-50-37)27-10-8-22-43-24-27)21-15-30-29(35(28)42)12-13-33-40(30,6)18-16-32-39(4,5)34(49-26(3)47)17-19-41(32,33)7/h8,10,22,24,28-35H,1,9,11-21,23H2,2-7H3/t28-,29-,30?,31+,32?,33-,34-,35+,40-,41-,42-/m0/s1. The molecule has 1 aliphatic heterocycles. The zero-order chi connectivity index (χ0) is 35.2. The van der Waals surface area contributed by atoms with Crippen molar-refractivity contribution in [1.29, 1.82) is 0 Å². The molecule has 6 fully saturated rings. The van der Waals surface area contributed by atoms with E-state index in [0.29, 0.717) is 53.1 Å². The molecule has 5 saturated carbocycles. The second-order valence-corrected chi connectivity index (χ2v) is 18.5. The van der Waals surface area contributed by atoms with Gasteiger partial charge in [-0.25, -0.2) is 0 Å². The Morgan fingerprint density at radius 2 is 1.72 bits per heavy atom. The van der Waals surface area contributed by atoms with E-state index in [1.807, 2.05) is 12.1 Å². The number of fused-ring (bicyclic) bond motifs is 7. The topological polar surface area (TPSA) is 98.4 Å². The Kier molecular flexibility index (Phi) is 8.19. The Morgan fingerprint density at radius 1 is 0.940 bits per heavy atom. The van der Waals surface area contributed by atoms with Crippen LogP contribution in [0.3, 0.4) is 0 Å². The Balaban J connectivity index is 1.08. The van der Waals surface area contributed by atoms with Gasteiger partial charge < -0.3 is 14.2 Å². The van der Waals surface area contributed by atoms with Gasteiger partial charge in [-0.2, -0.15) is 4.98 Å². The minimum absolute atomic E-state index is 0.00148. The summed E-state index contributed by atoms with van der Waals surface area (Å²) >= 11 is 0. The number of carbonyl (C=O) groups excluding carboxylic acids is 2. The van der Waals surface area contributed by atoms with Crippen molar-refractivity contribution in [2.24, 2.45) is 57.2 Å². The smallest absolute Gasteiger partial charge is 0.302 e. The lowest BCUT2D eigenvalue weighted by molar-refractivity contribution is -0.222. The van der Waals surface area contributed by atoms with E-state index in [1.165, 1.54) is 31.3 Å². The van der Waals surface area contributed by atoms with E-state index in [4.69, 9.17) is 14.2 Å². The second kappa shape index (κ2) is 12.0. The number of allylic oxidation sites excluding steroid dienone is 1. The molecule has 1 saturated heterocycles. The van der Waals surface area contributed by atoms with Crippen molar-refractivity contribution in [2.45, 2.75) is 131 Å². The van der Waals surface area contributed by atoms with E-state index < -0.39 is 0 Å². The molecule has 0 N–H and O–H groups in total. The third-order valence-corrected chi connectivity index (χ3v) is 16.0. The Hall–Kier alpha value is -3.03. The summed E-state index contributed by atoms with van der Waals surface area (Å²) in [6, 6.07) is 3.64. The van der Waals surface area contributed by atoms with E-state index in [1.54, 1.807) is 19.3 Å². The highest BCUT2D eigenvalue weighted by Gasteiger charge is 2.69. The lowest BCUT2D eigenvalue weighted by Gasteiger charge is -2.69. The summed E-state index contributed by atoms with van der Waals surface area (Å²) in [7, 11) is 0. The fourth-order valence-electron chi connectivity index (χ4n) is 14.1. The number of hydrogen-bond donors (Lipinski definition) is 0. The predicted molar refractivity (Wildman–Crippen MR) is 191 cm³/mol. The van der Waals surface area contributed by atoms with E-state index in [9.17, 15) is 4.79 Å². The van der Waals surface area contributed by atoms with Crippen LogP contribution in [0.25, 0.3) is 11.4 Å². The first-order chi connectivity index (χ1) is 23.8. The van der Waals surface area contributed by atoms with Crippen molar-refractivity contribution in [3.05, 3.63) is 42.6 Å². The fraction of sp³-hybridized carbons (Fsp3) is 0.738. The average Bonchev–Trinajstić information content (AvgIpc) is 3.85. The zero-order valence-corrected chi connectivity index (χ0v) is 31.2. The molecule has 0 spiro atoms. The number of hydrogen-bond acceptors (Lipinski definition) is 7. The first kappa shape index (κ1) is 34.1. The van der Waals surface area contributed by atoms with Crippen molar-refractivity contribution < 1.29 is 18.8 Å². The third-order valence-electron chi connectivity index (χ3n) is 16.0. The van der Waals surface area contributed by atoms with Crippen molar-refractivity contribution in [2.75, 3.05) is 6.54 Å². The predicted octanol–water partition coefficient (Wildman–Crippen LogP) is 8.99. The van der Waals surface area contributed by atoms with Crippen LogP contribution in [-0.4, -0.2) is 44.5 Å². The lowest BCUT2D eigenvalue weighted by Crippen LogP contribution is -2.64. The van der Waals surface area contributed by atoms with Crippen LogP contribution < -0.4 is 0 Å². The van der Waals surface area contributed by atoms with Gasteiger partial charge in [0, 0.05) is 36.8 Å². The van der Waals surface area contributed by atoms with Gasteiger partial charge in [-0.15, -0.1) is 0 Å². The molecule has 0 aromatic carbocycles. The first-order valence-electron chi connectivity index (χ1n) is 19.7. The summed E-state index contributed by atoms with van der Waals surface area (Å²) in [6.07, 6.45) is 16.3. The number of amides is 1. The molecule has 5 aliphatic carbocycles. The summed E-state index contributed by atoms with van der Waals surface area (Å²) in [5.74, 6) is 4.33. The maximum atomic E-state index is 15.2. The highest BCUT2D eigenvalue weighted by molar-refractivity contribution is 5.84. The van der Waals surface area contributed by atoms with E-state index in [0.717, 1.165) is 63.5 Å². The molecule has 0 radical (unpaired) electrons. The van der Waals surface area contributed by atoms with Gasteiger partial charge in [-0.05, 0) is 142 Å². The Bertz CT molecular complexity index is 1650. The molecule has 270 valence electrons. The number of pyridine rings is 1.